The SMILES string of the molecule is NCCN1CCCN(S(=O)(=O)c2cc(F)ccc2F)CC1. The normalized spacial score (nSPS) is 18.6. The highest BCUT2D eigenvalue weighted by atomic mass is 32.2. The van der Waals surface area contributed by atoms with Gasteiger partial charge in [0.2, 0.25) is 10.0 Å². The largest absolute Gasteiger partial charge is 0.329 e. The highest BCUT2D eigenvalue weighted by Crippen LogP contribution is 2.21. The van der Waals surface area contributed by atoms with E-state index in [0.717, 1.165) is 24.7 Å². The summed E-state index contributed by atoms with van der Waals surface area (Å²) >= 11 is 0. The van der Waals surface area contributed by atoms with Gasteiger partial charge in [0, 0.05) is 32.7 Å². The number of nitrogens with two attached hydrogens (primary N) is 1. The fraction of sp³-hybridized carbons (Fsp3) is 0.538. The van der Waals surface area contributed by atoms with Crippen molar-refractivity contribution in [2.45, 2.75) is 11.3 Å². The van der Waals surface area contributed by atoms with Crippen molar-refractivity contribution in [3.63, 3.8) is 0 Å². The summed E-state index contributed by atoms with van der Waals surface area (Å²) in [6.07, 6.45) is 0.635. The number of benzene rings is 1. The van der Waals surface area contributed by atoms with Crippen molar-refractivity contribution in [1.82, 2.24) is 9.21 Å². The molecule has 0 aromatic heterocycles. The van der Waals surface area contributed by atoms with E-state index in [2.05, 4.69) is 4.90 Å². The van der Waals surface area contributed by atoms with Crippen LogP contribution in [0.3, 0.4) is 0 Å². The summed E-state index contributed by atoms with van der Waals surface area (Å²) in [7, 11) is -4.02. The molecule has 1 heterocycles. The molecule has 1 fully saturated rings. The minimum absolute atomic E-state index is 0.248. The molecular formula is C13H19F2N3O2S. The first kappa shape index (κ1) is 16.3. The monoisotopic (exact) mass is 319 g/mol. The summed E-state index contributed by atoms with van der Waals surface area (Å²) in [6, 6.07) is 2.47. The van der Waals surface area contributed by atoms with Gasteiger partial charge in [0.1, 0.15) is 16.5 Å². The minimum Gasteiger partial charge on any atom is -0.329 e. The Balaban J connectivity index is 2.21. The lowest BCUT2D eigenvalue weighted by Gasteiger charge is -2.21. The fourth-order valence-electron chi connectivity index (χ4n) is 2.41. The van der Waals surface area contributed by atoms with E-state index in [1.165, 1.54) is 4.31 Å². The maximum atomic E-state index is 13.7. The lowest BCUT2D eigenvalue weighted by atomic mass is 10.3. The minimum atomic E-state index is -4.02. The Bertz CT molecular complexity index is 595. The van der Waals surface area contributed by atoms with Gasteiger partial charge >= 0.3 is 0 Å². The molecule has 2 N–H and O–H groups in total. The van der Waals surface area contributed by atoms with Gasteiger partial charge in [0.25, 0.3) is 0 Å². The van der Waals surface area contributed by atoms with Crippen molar-refractivity contribution in [1.29, 1.82) is 0 Å². The van der Waals surface area contributed by atoms with E-state index in [-0.39, 0.29) is 6.54 Å². The smallest absolute Gasteiger partial charge is 0.246 e. The molecule has 0 aliphatic carbocycles. The zero-order chi connectivity index (χ0) is 15.5. The highest BCUT2D eigenvalue weighted by molar-refractivity contribution is 7.89. The number of sulfonamides is 1. The summed E-state index contributed by atoms with van der Waals surface area (Å²) in [5.74, 6) is -1.70. The highest BCUT2D eigenvalue weighted by Gasteiger charge is 2.29. The summed E-state index contributed by atoms with van der Waals surface area (Å²) in [6.45, 7) is 3.02. The average molecular weight is 319 g/mol. The number of hydrogen-bond acceptors (Lipinski definition) is 4. The van der Waals surface area contributed by atoms with E-state index < -0.39 is 26.6 Å². The lowest BCUT2D eigenvalue weighted by Crippen LogP contribution is -2.36. The van der Waals surface area contributed by atoms with Crippen molar-refractivity contribution < 1.29 is 17.2 Å². The molecule has 1 aromatic carbocycles. The first-order valence-corrected chi connectivity index (χ1v) is 8.27. The Morgan fingerprint density at radius 1 is 1.14 bits per heavy atom. The van der Waals surface area contributed by atoms with Gasteiger partial charge in [-0.25, -0.2) is 17.2 Å². The van der Waals surface area contributed by atoms with Crippen LogP contribution in [0.5, 0.6) is 0 Å². The molecule has 2 rings (SSSR count). The standard InChI is InChI=1S/C13H19F2N3O2S/c14-11-2-3-12(15)13(10-11)21(19,20)18-6-1-5-17(7-4-16)8-9-18/h2-3,10H,1,4-9,16H2. The van der Waals surface area contributed by atoms with Crippen LogP contribution >= 0.6 is 0 Å². The van der Waals surface area contributed by atoms with Gasteiger partial charge in [-0.1, -0.05) is 0 Å². The van der Waals surface area contributed by atoms with Gasteiger partial charge in [-0.2, -0.15) is 4.31 Å². The van der Waals surface area contributed by atoms with Crippen LogP contribution < -0.4 is 5.73 Å². The Labute approximate surface area is 123 Å². The van der Waals surface area contributed by atoms with Crippen molar-refractivity contribution in [3.8, 4) is 0 Å². The summed E-state index contributed by atoms with van der Waals surface area (Å²) in [4.78, 5) is 1.46. The molecule has 1 aliphatic heterocycles. The molecule has 0 radical (unpaired) electrons. The van der Waals surface area contributed by atoms with Gasteiger partial charge in [0.15, 0.2) is 0 Å². The van der Waals surface area contributed by atoms with Crippen LogP contribution in [-0.4, -0.2) is 56.9 Å². The molecule has 0 unspecified atom stereocenters. The van der Waals surface area contributed by atoms with E-state index in [4.69, 9.17) is 5.73 Å². The topological polar surface area (TPSA) is 66.6 Å². The Morgan fingerprint density at radius 2 is 1.90 bits per heavy atom. The summed E-state index contributed by atoms with van der Waals surface area (Å²) in [5.41, 5.74) is 5.49. The summed E-state index contributed by atoms with van der Waals surface area (Å²) < 4.78 is 53.1. The number of rotatable bonds is 4. The zero-order valence-corrected chi connectivity index (χ0v) is 12.5. The van der Waals surface area contributed by atoms with Gasteiger partial charge in [-0.05, 0) is 31.2 Å². The molecular weight excluding hydrogens is 300 g/mol. The molecule has 1 aromatic rings. The predicted octanol–water partition coefficient (Wildman–Crippen LogP) is 0.620. The zero-order valence-electron chi connectivity index (χ0n) is 11.6. The Morgan fingerprint density at radius 3 is 2.62 bits per heavy atom. The third-order valence-corrected chi connectivity index (χ3v) is 5.42. The van der Waals surface area contributed by atoms with Crippen molar-refractivity contribution in [2.75, 3.05) is 39.3 Å². The molecule has 21 heavy (non-hydrogen) atoms. The predicted molar refractivity (Wildman–Crippen MR) is 75.2 cm³/mol. The number of halogens is 2. The van der Waals surface area contributed by atoms with E-state index >= 15 is 0 Å². The lowest BCUT2D eigenvalue weighted by molar-refractivity contribution is 0.294. The van der Waals surface area contributed by atoms with Crippen molar-refractivity contribution in [2.24, 2.45) is 5.73 Å². The van der Waals surface area contributed by atoms with E-state index in [1.807, 2.05) is 0 Å². The van der Waals surface area contributed by atoms with Gasteiger partial charge in [0.05, 0.1) is 0 Å². The summed E-state index contributed by atoms with van der Waals surface area (Å²) in [5, 5.41) is 0. The molecule has 0 amide bonds. The van der Waals surface area contributed by atoms with Crippen LogP contribution in [0.25, 0.3) is 0 Å². The molecule has 5 nitrogen and oxygen atoms in total. The fourth-order valence-corrected chi connectivity index (χ4v) is 3.95. The van der Waals surface area contributed by atoms with Crippen molar-refractivity contribution in [3.05, 3.63) is 29.8 Å². The van der Waals surface area contributed by atoms with Crippen LogP contribution in [0.4, 0.5) is 8.78 Å². The molecule has 1 saturated heterocycles. The van der Waals surface area contributed by atoms with Gasteiger partial charge in [-0.3, -0.25) is 0 Å². The quantitative estimate of drug-likeness (QED) is 0.883. The van der Waals surface area contributed by atoms with E-state index in [0.29, 0.717) is 32.6 Å². The average Bonchev–Trinajstić information content (AvgIpc) is 2.68. The molecule has 0 saturated carbocycles. The van der Waals surface area contributed by atoms with Crippen LogP contribution in [-0.2, 0) is 10.0 Å². The molecule has 0 spiro atoms. The molecule has 8 heteroatoms. The third kappa shape index (κ3) is 3.76. The first-order chi connectivity index (χ1) is 9.95. The molecule has 1 aliphatic rings. The van der Waals surface area contributed by atoms with E-state index in [9.17, 15) is 17.2 Å². The first-order valence-electron chi connectivity index (χ1n) is 6.83. The molecule has 0 atom stereocenters. The number of hydrogen-bond donors (Lipinski definition) is 1. The van der Waals surface area contributed by atoms with Crippen LogP contribution in [0.1, 0.15) is 6.42 Å². The second-order valence-corrected chi connectivity index (χ2v) is 6.87. The third-order valence-electron chi connectivity index (χ3n) is 3.50. The van der Waals surface area contributed by atoms with Crippen LogP contribution in [0.15, 0.2) is 23.1 Å². The van der Waals surface area contributed by atoms with E-state index in [1.54, 1.807) is 0 Å². The maximum Gasteiger partial charge on any atom is 0.246 e. The number of nitrogens with zero attached hydrogens (tertiary/aromatic N) is 2. The molecule has 118 valence electrons. The Kier molecular flexibility index (Phi) is 5.26. The Hall–Kier alpha value is -1.09. The maximum absolute atomic E-state index is 13.7. The van der Waals surface area contributed by atoms with Crippen LogP contribution in [0.2, 0.25) is 0 Å². The van der Waals surface area contributed by atoms with Crippen LogP contribution in [0, 0.1) is 11.6 Å². The molecule has 0 bridgehead atoms. The van der Waals surface area contributed by atoms with Crippen molar-refractivity contribution >= 4 is 10.0 Å². The van der Waals surface area contributed by atoms with Gasteiger partial charge in [-0.15, -0.1) is 0 Å². The van der Waals surface area contributed by atoms with Gasteiger partial charge < -0.3 is 10.6 Å². The second-order valence-electron chi connectivity index (χ2n) is 4.96. The second kappa shape index (κ2) is 6.78.